The van der Waals surface area contributed by atoms with Crippen molar-refractivity contribution in [2.75, 3.05) is 0 Å². The molecule has 8 heteroatoms. The summed E-state index contributed by atoms with van der Waals surface area (Å²) in [5.41, 5.74) is 1.81. The number of benzene rings is 1. The Morgan fingerprint density at radius 2 is 2.00 bits per heavy atom. The minimum absolute atomic E-state index is 0.217. The molecule has 8 nitrogen and oxygen atoms in total. The minimum Gasteiger partial charge on any atom is -0.364 e. The van der Waals surface area contributed by atoms with E-state index in [0.717, 1.165) is 5.69 Å². The topological polar surface area (TPSA) is 91.6 Å². The highest BCUT2D eigenvalue weighted by atomic mass is 16.5. The van der Waals surface area contributed by atoms with Crippen molar-refractivity contribution in [2.24, 2.45) is 0 Å². The zero-order valence-electron chi connectivity index (χ0n) is 11.3. The average molecular weight is 294 g/mol. The van der Waals surface area contributed by atoms with Crippen molar-refractivity contribution in [3.63, 3.8) is 0 Å². The SMILES string of the molecule is O=c1c2nnn(-c3ccccc3)c2ncn1Cc1ccon1. The van der Waals surface area contributed by atoms with Crippen molar-refractivity contribution in [2.45, 2.75) is 6.54 Å². The van der Waals surface area contributed by atoms with Gasteiger partial charge >= 0.3 is 0 Å². The Hall–Kier alpha value is -3.29. The number of hydrogen-bond donors (Lipinski definition) is 0. The Morgan fingerprint density at radius 1 is 1.14 bits per heavy atom. The molecule has 0 N–H and O–H groups in total. The number of aromatic nitrogens is 6. The van der Waals surface area contributed by atoms with Crippen LogP contribution in [0.3, 0.4) is 0 Å². The smallest absolute Gasteiger partial charge is 0.283 e. The molecule has 4 rings (SSSR count). The predicted octanol–water partition coefficient (Wildman–Crippen LogP) is 1.01. The summed E-state index contributed by atoms with van der Waals surface area (Å²) >= 11 is 0. The molecule has 22 heavy (non-hydrogen) atoms. The largest absolute Gasteiger partial charge is 0.364 e. The maximum Gasteiger partial charge on any atom is 0.283 e. The summed E-state index contributed by atoms with van der Waals surface area (Å²) < 4.78 is 7.72. The van der Waals surface area contributed by atoms with E-state index >= 15 is 0 Å². The van der Waals surface area contributed by atoms with Crippen molar-refractivity contribution in [3.8, 4) is 5.69 Å². The Bertz CT molecular complexity index is 972. The lowest BCUT2D eigenvalue weighted by Gasteiger charge is -2.03. The van der Waals surface area contributed by atoms with Gasteiger partial charge in [0.25, 0.3) is 5.56 Å². The Morgan fingerprint density at radius 3 is 2.77 bits per heavy atom. The van der Waals surface area contributed by atoms with Gasteiger partial charge in [0, 0.05) is 6.07 Å². The first-order chi connectivity index (χ1) is 10.8. The second-order valence-corrected chi connectivity index (χ2v) is 4.68. The summed E-state index contributed by atoms with van der Waals surface area (Å²) in [4.78, 5) is 16.7. The number of fused-ring (bicyclic) bond motifs is 1. The molecule has 0 spiro atoms. The normalized spacial score (nSPS) is 11.1. The molecule has 0 saturated heterocycles. The third kappa shape index (κ3) is 1.97. The van der Waals surface area contributed by atoms with Gasteiger partial charge in [-0.3, -0.25) is 9.36 Å². The van der Waals surface area contributed by atoms with E-state index in [0.29, 0.717) is 11.3 Å². The highest BCUT2D eigenvalue weighted by Gasteiger charge is 2.13. The van der Waals surface area contributed by atoms with Crippen LogP contribution in [0.2, 0.25) is 0 Å². The molecular weight excluding hydrogens is 284 g/mol. The summed E-state index contributed by atoms with van der Waals surface area (Å²) in [5.74, 6) is 0. The van der Waals surface area contributed by atoms with E-state index < -0.39 is 0 Å². The number of rotatable bonds is 3. The van der Waals surface area contributed by atoms with Crippen LogP contribution in [-0.4, -0.2) is 29.7 Å². The van der Waals surface area contributed by atoms with Crippen molar-refractivity contribution >= 4 is 11.2 Å². The van der Waals surface area contributed by atoms with Gasteiger partial charge in [0.1, 0.15) is 18.3 Å². The van der Waals surface area contributed by atoms with Gasteiger partial charge in [-0.15, -0.1) is 5.10 Å². The standard InChI is InChI=1S/C14H10N6O2/c21-14-12-13(15-9-19(14)8-10-6-7-22-17-10)20(18-16-12)11-4-2-1-3-5-11/h1-7,9H,8H2. The fourth-order valence-electron chi connectivity index (χ4n) is 2.19. The zero-order valence-corrected chi connectivity index (χ0v) is 11.3. The lowest BCUT2D eigenvalue weighted by Crippen LogP contribution is -2.21. The van der Waals surface area contributed by atoms with Gasteiger partial charge in [0.15, 0.2) is 11.2 Å². The lowest BCUT2D eigenvalue weighted by molar-refractivity contribution is 0.409. The number of para-hydroxylation sites is 1. The Balaban J connectivity index is 1.83. The third-order valence-electron chi connectivity index (χ3n) is 3.25. The summed E-state index contributed by atoms with van der Waals surface area (Å²) in [7, 11) is 0. The molecule has 0 saturated carbocycles. The Labute approximate surface area is 123 Å². The van der Waals surface area contributed by atoms with E-state index in [-0.39, 0.29) is 17.6 Å². The van der Waals surface area contributed by atoms with Crippen LogP contribution in [0.5, 0.6) is 0 Å². The molecule has 0 atom stereocenters. The molecular formula is C14H10N6O2. The highest BCUT2D eigenvalue weighted by molar-refractivity contribution is 5.70. The molecule has 3 heterocycles. The summed E-state index contributed by atoms with van der Waals surface area (Å²) in [6, 6.07) is 11.1. The molecule has 1 aromatic carbocycles. The summed E-state index contributed by atoms with van der Waals surface area (Å²) in [5, 5.41) is 11.8. The van der Waals surface area contributed by atoms with Crippen LogP contribution < -0.4 is 5.56 Å². The van der Waals surface area contributed by atoms with Gasteiger partial charge < -0.3 is 4.52 Å². The number of hydrogen-bond acceptors (Lipinski definition) is 6. The second kappa shape index (κ2) is 4.92. The maximum absolute atomic E-state index is 12.4. The van der Waals surface area contributed by atoms with Gasteiger partial charge in [0.2, 0.25) is 0 Å². The molecule has 0 bridgehead atoms. The summed E-state index contributed by atoms with van der Waals surface area (Å²) in [6.45, 7) is 0.274. The van der Waals surface area contributed by atoms with Gasteiger partial charge in [0.05, 0.1) is 12.2 Å². The Kier molecular flexibility index (Phi) is 2.78. The van der Waals surface area contributed by atoms with Gasteiger partial charge in [-0.1, -0.05) is 28.6 Å². The molecule has 108 valence electrons. The fraction of sp³-hybridized carbons (Fsp3) is 0.0714. The van der Waals surface area contributed by atoms with Crippen LogP contribution in [0, 0.1) is 0 Å². The first kappa shape index (κ1) is 12.5. The van der Waals surface area contributed by atoms with Crippen molar-refractivity contribution in [1.29, 1.82) is 0 Å². The van der Waals surface area contributed by atoms with Crippen LogP contribution in [-0.2, 0) is 6.54 Å². The van der Waals surface area contributed by atoms with Crippen LogP contribution in [0.15, 0.2) is 58.3 Å². The van der Waals surface area contributed by atoms with E-state index in [9.17, 15) is 4.79 Å². The van der Waals surface area contributed by atoms with Crippen molar-refractivity contribution < 1.29 is 4.52 Å². The molecule has 4 aromatic rings. The van der Waals surface area contributed by atoms with Gasteiger partial charge in [-0.05, 0) is 12.1 Å². The molecule has 0 fully saturated rings. The quantitative estimate of drug-likeness (QED) is 0.560. The van der Waals surface area contributed by atoms with Crippen molar-refractivity contribution in [1.82, 2.24) is 29.7 Å². The number of nitrogens with zero attached hydrogens (tertiary/aromatic N) is 6. The molecule has 0 radical (unpaired) electrons. The first-order valence-corrected chi connectivity index (χ1v) is 6.58. The van der Waals surface area contributed by atoms with E-state index in [1.165, 1.54) is 21.8 Å². The molecule has 0 aliphatic rings. The second-order valence-electron chi connectivity index (χ2n) is 4.68. The molecule has 0 aliphatic heterocycles. The average Bonchev–Trinajstić information content (AvgIpc) is 3.21. The van der Waals surface area contributed by atoms with Gasteiger partial charge in [-0.2, -0.15) is 4.68 Å². The molecule has 0 unspecified atom stereocenters. The first-order valence-electron chi connectivity index (χ1n) is 6.58. The van der Waals surface area contributed by atoms with E-state index in [1.54, 1.807) is 6.07 Å². The van der Waals surface area contributed by atoms with Crippen LogP contribution in [0.25, 0.3) is 16.9 Å². The lowest BCUT2D eigenvalue weighted by atomic mass is 10.3. The van der Waals surface area contributed by atoms with E-state index in [2.05, 4.69) is 20.5 Å². The van der Waals surface area contributed by atoms with Gasteiger partial charge in [-0.25, -0.2) is 4.98 Å². The van der Waals surface area contributed by atoms with E-state index in [1.807, 2.05) is 30.3 Å². The fourth-order valence-corrected chi connectivity index (χ4v) is 2.19. The minimum atomic E-state index is -0.268. The highest BCUT2D eigenvalue weighted by Crippen LogP contribution is 2.11. The van der Waals surface area contributed by atoms with Crippen LogP contribution in [0.4, 0.5) is 0 Å². The zero-order chi connectivity index (χ0) is 14.9. The van der Waals surface area contributed by atoms with Crippen LogP contribution in [0.1, 0.15) is 5.69 Å². The molecule has 0 aliphatic carbocycles. The van der Waals surface area contributed by atoms with Crippen LogP contribution >= 0.6 is 0 Å². The molecule has 0 amide bonds. The van der Waals surface area contributed by atoms with Crippen molar-refractivity contribution in [3.05, 3.63) is 65.0 Å². The molecule has 3 aromatic heterocycles. The predicted molar refractivity (Wildman–Crippen MR) is 76.5 cm³/mol. The monoisotopic (exact) mass is 294 g/mol. The van der Waals surface area contributed by atoms with E-state index in [4.69, 9.17) is 4.52 Å². The summed E-state index contributed by atoms with van der Waals surface area (Å²) in [6.07, 6.45) is 2.92. The third-order valence-corrected chi connectivity index (χ3v) is 3.25. The maximum atomic E-state index is 12.4.